The molecule has 2 heterocycles. The van der Waals surface area contributed by atoms with Gasteiger partial charge < -0.3 is 4.57 Å². The Balaban J connectivity index is 2.01. The quantitative estimate of drug-likeness (QED) is 0.497. The summed E-state index contributed by atoms with van der Waals surface area (Å²) in [5.74, 6) is 0. The summed E-state index contributed by atoms with van der Waals surface area (Å²) in [5, 5.41) is 0. The first-order valence-electron chi connectivity index (χ1n) is 7.78. The third kappa shape index (κ3) is 2.33. The van der Waals surface area contributed by atoms with Crippen LogP contribution >= 0.6 is 0 Å². The van der Waals surface area contributed by atoms with Crippen molar-refractivity contribution in [3.8, 4) is 0 Å². The zero-order valence-corrected chi connectivity index (χ0v) is 13.0. The lowest BCUT2D eigenvalue weighted by atomic mass is 9.98. The molecule has 2 aromatic carbocycles. The van der Waals surface area contributed by atoms with Gasteiger partial charge in [-0.3, -0.25) is 4.79 Å². The Morgan fingerprint density at radius 1 is 1.00 bits per heavy atom. The normalized spacial score (nSPS) is 12.8. The molecular weight excluding hydrogens is 282 g/mol. The van der Waals surface area contributed by atoms with Gasteiger partial charge in [-0.2, -0.15) is 0 Å². The smallest absolute Gasteiger partial charge is 0.166 e. The lowest BCUT2D eigenvalue weighted by Crippen LogP contribution is -2.06. The van der Waals surface area contributed by atoms with Gasteiger partial charge in [0, 0.05) is 17.8 Å². The van der Waals surface area contributed by atoms with E-state index in [9.17, 15) is 4.79 Å². The Kier molecular flexibility index (Phi) is 3.23. The Morgan fingerprint density at radius 3 is 2.70 bits per heavy atom. The van der Waals surface area contributed by atoms with E-state index in [0.29, 0.717) is 0 Å². The van der Waals surface area contributed by atoms with Gasteiger partial charge in [-0.15, -0.1) is 0 Å². The predicted molar refractivity (Wildman–Crippen MR) is 93.5 cm³/mol. The fraction of sp³-hybridized carbons (Fsp3) is 0.0952. The van der Waals surface area contributed by atoms with E-state index in [1.165, 1.54) is 22.3 Å². The minimum absolute atomic E-state index is 0.718. The highest BCUT2D eigenvalue weighted by Gasteiger charge is 2.18. The zero-order chi connectivity index (χ0) is 15.8. The van der Waals surface area contributed by atoms with Crippen LogP contribution in [-0.4, -0.2) is 10.9 Å². The van der Waals surface area contributed by atoms with Crippen molar-refractivity contribution in [3.05, 3.63) is 94.3 Å². The van der Waals surface area contributed by atoms with Crippen LogP contribution in [-0.2, 0) is 6.54 Å². The zero-order valence-electron chi connectivity index (χ0n) is 13.0. The number of carbonyl (C=O) groups is 1. The number of carbonyl (C=O) groups excluding carboxylic acids is 1. The number of rotatable bonds is 2. The first kappa shape index (κ1) is 13.8. The number of aldehydes is 1. The molecule has 0 radical (unpaired) electrons. The third-order valence-corrected chi connectivity index (χ3v) is 4.42. The topological polar surface area (TPSA) is 22.0 Å². The van der Waals surface area contributed by atoms with Crippen LogP contribution in [0.15, 0.2) is 60.7 Å². The second kappa shape index (κ2) is 5.40. The van der Waals surface area contributed by atoms with Gasteiger partial charge >= 0.3 is 0 Å². The molecule has 0 aliphatic carbocycles. The number of nitrogens with zero attached hydrogens (tertiary/aromatic N) is 1. The van der Waals surface area contributed by atoms with Gasteiger partial charge in [0.15, 0.2) is 6.29 Å². The van der Waals surface area contributed by atoms with Crippen LogP contribution in [0.1, 0.15) is 38.4 Å². The number of aryl methyl sites for hydroxylation is 1. The number of fused-ring (bicyclic) bond motifs is 2. The summed E-state index contributed by atoms with van der Waals surface area (Å²) >= 11 is 0. The highest BCUT2D eigenvalue weighted by atomic mass is 16.1. The number of aromatic nitrogens is 1. The summed E-state index contributed by atoms with van der Waals surface area (Å²) in [5.41, 5.74) is 7.82. The number of benzene rings is 2. The average Bonchev–Trinajstić information content (AvgIpc) is 2.88. The van der Waals surface area contributed by atoms with Crippen LogP contribution < -0.4 is 0 Å². The molecule has 0 saturated carbocycles. The summed E-state index contributed by atoms with van der Waals surface area (Å²) in [6.07, 6.45) is 3.17. The Bertz CT molecular complexity index is 931. The molecule has 0 unspecified atom stereocenters. The van der Waals surface area contributed by atoms with Crippen molar-refractivity contribution in [2.75, 3.05) is 0 Å². The molecule has 0 saturated heterocycles. The van der Waals surface area contributed by atoms with Gasteiger partial charge in [0.1, 0.15) is 0 Å². The van der Waals surface area contributed by atoms with Crippen molar-refractivity contribution < 1.29 is 4.79 Å². The van der Waals surface area contributed by atoms with Gasteiger partial charge in [-0.05, 0) is 41.8 Å². The average molecular weight is 299 g/mol. The van der Waals surface area contributed by atoms with Crippen LogP contribution in [0.2, 0.25) is 0 Å². The van der Waals surface area contributed by atoms with Crippen molar-refractivity contribution in [3.63, 3.8) is 0 Å². The molecule has 0 N–H and O–H groups in total. The minimum atomic E-state index is 0.718. The maximum Gasteiger partial charge on any atom is 0.166 e. The van der Waals surface area contributed by atoms with Gasteiger partial charge in [-0.1, -0.05) is 54.1 Å². The molecule has 1 aliphatic heterocycles. The molecule has 0 bridgehead atoms. The minimum Gasteiger partial charge on any atom is -0.334 e. The number of hydrogen-bond acceptors (Lipinski definition) is 1. The van der Waals surface area contributed by atoms with E-state index in [0.717, 1.165) is 29.8 Å². The monoisotopic (exact) mass is 299 g/mol. The second-order valence-corrected chi connectivity index (χ2v) is 5.97. The van der Waals surface area contributed by atoms with Gasteiger partial charge in [0.2, 0.25) is 0 Å². The Labute approximate surface area is 135 Å². The van der Waals surface area contributed by atoms with Crippen LogP contribution in [0.5, 0.6) is 0 Å². The van der Waals surface area contributed by atoms with Crippen molar-refractivity contribution in [1.82, 2.24) is 4.57 Å². The van der Waals surface area contributed by atoms with E-state index in [-0.39, 0.29) is 0 Å². The molecule has 112 valence electrons. The van der Waals surface area contributed by atoms with E-state index in [1.54, 1.807) is 0 Å². The molecular formula is C21H17NO. The summed E-state index contributed by atoms with van der Waals surface area (Å²) in [6, 6.07) is 20.8. The summed E-state index contributed by atoms with van der Waals surface area (Å²) in [6.45, 7) is 2.82. The molecule has 0 fully saturated rings. The van der Waals surface area contributed by atoms with Crippen LogP contribution in [0.3, 0.4) is 0 Å². The summed E-state index contributed by atoms with van der Waals surface area (Å²) in [4.78, 5) is 11.4. The molecule has 0 atom stereocenters. The van der Waals surface area contributed by atoms with Gasteiger partial charge in [-0.25, -0.2) is 0 Å². The predicted octanol–water partition coefficient (Wildman–Crippen LogP) is 4.56. The number of hydrogen-bond donors (Lipinski definition) is 0. The molecule has 1 aromatic heterocycles. The molecule has 4 rings (SSSR count). The summed E-state index contributed by atoms with van der Waals surface area (Å²) < 4.78 is 2.10. The molecule has 23 heavy (non-hydrogen) atoms. The standard InChI is InChI=1S/C21H17NO/c1-15-5-4-8-17(11-15)20-12-16-6-2-3-7-18(16)13-22-19(14-23)9-10-21(20)22/h2-12,14H,13H2,1H3. The van der Waals surface area contributed by atoms with Crippen molar-refractivity contribution in [2.24, 2.45) is 0 Å². The van der Waals surface area contributed by atoms with Crippen molar-refractivity contribution in [2.45, 2.75) is 13.5 Å². The maximum atomic E-state index is 11.4. The first-order chi connectivity index (χ1) is 11.3. The highest BCUT2D eigenvalue weighted by Crippen LogP contribution is 2.32. The van der Waals surface area contributed by atoms with E-state index in [4.69, 9.17) is 0 Å². The molecule has 3 aromatic rings. The van der Waals surface area contributed by atoms with E-state index < -0.39 is 0 Å². The van der Waals surface area contributed by atoms with Crippen LogP contribution in [0.25, 0.3) is 11.6 Å². The second-order valence-electron chi connectivity index (χ2n) is 5.97. The van der Waals surface area contributed by atoms with Crippen LogP contribution in [0.4, 0.5) is 0 Å². The van der Waals surface area contributed by atoms with Crippen molar-refractivity contribution >= 4 is 17.9 Å². The van der Waals surface area contributed by atoms with Crippen molar-refractivity contribution in [1.29, 1.82) is 0 Å². The molecule has 2 nitrogen and oxygen atoms in total. The fourth-order valence-corrected chi connectivity index (χ4v) is 3.26. The fourth-order valence-electron chi connectivity index (χ4n) is 3.26. The first-order valence-corrected chi connectivity index (χ1v) is 7.78. The third-order valence-electron chi connectivity index (χ3n) is 4.42. The lowest BCUT2D eigenvalue weighted by molar-refractivity contribution is 0.111. The molecule has 2 heteroatoms. The molecule has 0 spiro atoms. The van der Waals surface area contributed by atoms with E-state index in [1.807, 2.05) is 18.2 Å². The largest absolute Gasteiger partial charge is 0.334 e. The highest BCUT2D eigenvalue weighted by molar-refractivity contribution is 5.93. The Hall–Kier alpha value is -2.87. The van der Waals surface area contributed by atoms with E-state index in [2.05, 4.69) is 60.0 Å². The van der Waals surface area contributed by atoms with Gasteiger partial charge in [0.25, 0.3) is 0 Å². The van der Waals surface area contributed by atoms with Crippen LogP contribution in [0, 0.1) is 6.92 Å². The molecule has 1 aliphatic rings. The Morgan fingerprint density at radius 2 is 1.87 bits per heavy atom. The maximum absolute atomic E-state index is 11.4. The summed E-state index contributed by atoms with van der Waals surface area (Å²) in [7, 11) is 0. The lowest BCUT2D eigenvalue weighted by Gasteiger charge is -2.12. The molecule has 0 amide bonds. The van der Waals surface area contributed by atoms with Gasteiger partial charge in [0.05, 0.1) is 5.69 Å². The SMILES string of the molecule is Cc1cccc(C2=Cc3ccccc3Cn3c(C=O)ccc32)c1. The van der Waals surface area contributed by atoms with E-state index >= 15 is 0 Å².